The molecule has 0 fully saturated rings. The average Bonchev–Trinajstić information content (AvgIpc) is 2.77. The Morgan fingerprint density at radius 3 is 2.34 bits per heavy atom. The molecule has 3 rings (SSSR count). The van der Waals surface area contributed by atoms with Crippen molar-refractivity contribution in [3.8, 4) is 23.0 Å². The summed E-state index contributed by atoms with van der Waals surface area (Å²) < 4.78 is 21.9. The van der Waals surface area contributed by atoms with Gasteiger partial charge in [-0.1, -0.05) is 36.4 Å². The van der Waals surface area contributed by atoms with Crippen molar-refractivity contribution >= 4 is 5.97 Å². The largest absolute Gasteiger partial charge is 0.493 e. The maximum atomic E-state index is 11.3. The zero-order valence-electron chi connectivity index (χ0n) is 16.6. The predicted molar refractivity (Wildman–Crippen MR) is 111 cm³/mol. The Morgan fingerprint density at radius 1 is 0.793 bits per heavy atom. The van der Waals surface area contributed by atoms with Crippen LogP contribution in [0, 0.1) is 0 Å². The van der Waals surface area contributed by atoms with Gasteiger partial charge in [0.05, 0.1) is 14.2 Å². The van der Waals surface area contributed by atoms with Gasteiger partial charge in [0.25, 0.3) is 0 Å². The Hall–Kier alpha value is -3.47. The average molecular weight is 392 g/mol. The molecule has 0 amide bonds. The van der Waals surface area contributed by atoms with Gasteiger partial charge in [-0.15, -0.1) is 0 Å². The fourth-order valence-corrected chi connectivity index (χ4v) is 2.82. The minimum Gasteiger partial charge on any atom is -0.493 e. The van der Waals surface area contributed by atoms with E-state index >= 15 is 0 Å². The maximum Gasteiger partial charge on any atom is 0.305 e. The highest BCUT2D eigenvalue weighted by atomic mass is 16.5. The van der Waals surface area contributed by atoms with E-state index in [1.54, 1.807) is 7.11 Å². The molecule has 0 radical (unpaired) electrons. The van der Waals surface area contributed by atoms with Crippen molar-refractivity contribution in [2.24, 2.45) is 0 Å². The number of carbonyl (C=O) groups is 1. The molecule has 0 spiro atoms. The first-order valence-electron chi connectivity index (χ1n) is 9.36. The van der Waals surface area contributed by atoms with Crippen LogP contribution in [-0.2, 0) is 22.6 Å². The second kappa shape index (κ2) is 10.2. The SMILES string of the molecule is COC(=O)CCc1ccc(OCc2cccc(Oc3ccccc3)c2)c(OC)c1. The molecule has 0 aliphatic carbocycles. The summed E-state index contributed by atoms with van der Waals surface area (Å²) in [5.74, 6) is 2.58. The van der Waals surface area contributed by atoms with E-state index in [0.717, 1.165) is 22.6 Å². The summed E-state index contributed by atoms with van der Waals surface area (Å²) in [5.41, 5.74) is 1.97. The molecule has 0 unspecified atom stereocenters. The lowest BCUT2D eigenvalue weighted by atomic mass is 10.1. The third-order valence-electron chi connectivity index (χ3n) is 4.35. The van der Waals surface area contributed by atoms with Gasteiger partial charge < -0.3 is 18.9 Å². The highest BCUT2D eigenvalue weighted by Crippen LogP contribution is 2.30. The molecule has 29 heavy (non-hydrogen) atoms. The van der Waals surface area contributed by atoms with Crippen molar-refractivity contribution in [1.82, 2.24) is 0 Å². The molecule has 5 heteroatoms. The molecule has 0 saturated carbocycles. The minimum absolute atomic E-state index is 0.234. The van der Waals surface area contributed by atoms with Crippen LogP contribution in [0.5, 0.6) is 23.0 Å². The third-order valence-corrected chi connectivity index (χ3v) is 4.35. The van der Waals surface area contributed by atoms with Crippen LogP contribution in [0.1, 0.15) is 17.5 Å². The van der Waals surface area contributed by atoms with E-state index in [2.05, 4.69) is 4.74 Å². The van der Waals surface area contributed by atoms with Crippen molar-refractivity contribution in [1.29, 1.82) is 0 Å². The van der Waals surface area contributed by atoms with Gasteiger partial charge in [-0.3, -0.25) is 4.79 Å². The second-order valence-electron chi connectivity index (χ2n) is 6.41. The number of aryl methyl sites for hydroxylation is 1. The zero-order chi connectivity index (χ0) is 20.5. The van der Waals surface area contributed by atoms with Gasteiger partial charge in [-0.25, -0.2) is 0 Å². The quantitative estimate of drug-likeness (QED) is 0.470. The lowest BCUT2D eigenvalue weighted by Crippen LogP contribution is -2.03. The van der Waals surface area contributed by atoms with Gasteiger partial charge in [0.2, 0.25) is 0 Å². The summed E-state index contributed by atoms with van der Waals surface area (Å²) in [7, 11) is 2.99. The molecule has 0 saturated heterocycles. The van der Waals surface area contributed by atoms with Crippen LogP contribution in [0.3, 0.4) is 0 Å². The number of hydrogen-bond donors (Lipinski definition) is 0. The van der Waals surface area contributed by atoms with Gasteiger partial charge in [0, 0.05) is 6.42 Å². The second-order valence-corrected chi connectivity index (χ2v) is 6.41. The van der Waals surface area contributed by atoms with Crippen molar-refractivity contribution in [2.75, 3.05) is 14.2 Å². The van der Waals surface area contributed by atoms with Crippen LogP contribution in [-0.4, -0.2) is 20.2 Å². The number of rotatable bonds is 9. The molecule has 150 valence electrons. The number of hydrogen-bond acceptors (Lipinski definition) is 5. The standard InChI is InChI=1S/C24H24O5/c1-26-23-16-18(12-14-24(25)27-2)11-13-22(23)28-17-19-7-6-10-21(15-19)29-20-8-4-3-5-9-20/h3-11,13,15-16H,12,14,17H2,1-2H3. The summed E-state index contributed by atoms with van der Waals surface area (Å²) in [4.78, 5) is 11.3. The molecular formula is C24H24O5. The van der Waals surface area contributed by atoms with Crippen LogP contribution in [0.25, 0.3) is 0 Å². The highest BCUT2D eigenvalue weighted by Gasteiger charge is 2.09. The van der Waals surface area contributed by atoms with Gasteiger partial charge in [-0.05, 0) is 53.9 Å². The summed E-state index contributed by atoms with van der Waals surface area (Å²) >= 11 is 0. The molecule has 0 aliphatic heterocycles. The fraction of sp³-hybridized carbons (Fsp3) is 0.208. The molecule has 0 aliphatic rings. The van der Waals surface area contributed by atoms with Crippen LogP contribution < -0.4 is 14.2 Å². The van der Waals surface area contributed by atoms with E-state index in [0.29, 0.717) is 30.9 Å². The van der Waals surface area contributed by atoms with E-state index in [9.17, 15) is 4.79 Å². The van der Waals surface area contributed by atoms with Crippen LogP contribution in [0.4, 0.5) is 0 Å². The van der Waals surface area contributed by atoms with Crippen molar-refractivity contribution in [3.05, 3.63) is 83.9 Å². The van der Waals surface area contributed by atoms with E-state index in [4.69, 9.17) is 14.2 Å². The van der Waals surface area contributed by atoms with Gasteiger partial charge >= 0.3 is 5.97 Å². The summed E-state index contributed by atoms with van der Waals surface area (Å²) in [6.07, 6.45) is 0.913. The molecule has 0 atom stereocenters. The minimum atomic E-state index is -0.234. The number of esters is 1. The van der Waals surface area contributed by atoms with E-state index in [-0.39, 0.29) is 5.97 Å². The van der Waals surface area contributed by atoms with Crippen molar-refractivity contribution in [2.45, 2.75) is 19.4 Å². The normalized spacial score (nSPS) is 10.3. The Kier molecular flexibility index (Phi) is 7.11. The predicted octanol–water partition coefficient (Wildman–Crippen LogP) is 5.17. The van der Waals surface area contributed by atoms with Crippen molar-refractivity contribution in [3.63, 3.8) is 0 Å². The Balaban J connectivity index is 1.63. The van der Waals surface area contributed by atoms with E-state index in [1.165, 1.54) is 7.11 Å². The molecular weight excluding hydrogens is 368 g/mol. The molecule has 5 nitrogen and oxygen atoms in total. The number of ether oxygens (including phenoxy) is 4. The summed E-state index contributed by atoms with van der Waals surface area (Å²) in [6.45, 7) is 0.379. The van der Waals surface area contributed by atoms with Crippen molar-refractivity contribution < 1.29 is 23.7 Å². The van der Waals surface area contributed by atoms with E-state index in [1.807, 2.05) is 72.8 Å². The fourth-order valence-electron chi connectivity index (χ4n) is 2.82. The number of benzene rings is 3. The lowest BCUT2D eigenvalue weighted by molar-refractivity contribution is -0.140. The smallest absolute Gasteiger partial charge is 0.305 e. The lowest BCUT2D eigenvalue weighted by Gasteiger charge is -2.13. The Labute approximate surface area is 170 Å². The topological polar surface area (TPSA) is 54.0 Å². The first kappa shape index (κ1) is 20.3. The molecule has 0 bridgehead atoms. The molecule has 0 aromatic heterocycles. The molecule has 3 aromatic rings. The first-order chi connectivity index (χ1) is 14.2. The van der Waals surface area contributed by atoms with Crippen LogP contribution in [0.15, 0.2) is 72.8 Å². The number of carbonyl (C=O) groups excluding carboxylic acids is 1. The third kappa shape index (κ3) is 6.01. The maximum absolute atomic E-state index is 11.3. The summed E-state index contributed by atoms with van der Waals surface area (Å²) in [5, 5.41) is 0. The van der Waals surface area contributed by atoms with Gasteiger partial charge in [0.1, 0.15) is 18.1 Å². The Bertz CT molecular complexity index is 937. The van der Waals surface area contributed by atoms with E-state index < -0.39 is 0 Å². The number of para-hydroxylation sites is 1. The van der Waals surface area contributed by atoms with Crippen LogP contribution in [0.2, 0.25) is 0 Å². The van der Waals surface area contributed by atoms with Gasteiger partial charge in [0.15, 0.2) is 11.5 Å². The number of methoxy groups -OCH3 is 2. The van der Waals surface area contributed by atoms with Gasteiger partial charge in [-0.2, -0.15) is 0 Å². The first-order valence-corrected chi connectivity index (χ1v) is 9.36. The Morgan fingerprint density at radius 2 is 1.59 bits per heavy atom. The van der Waals surface area contributed by atoms with Crippen LogP contribution >= 0.6 is 0 Å². The summed E-state index contributed by atoms with van der Waals surface area (Å²) in [6, 6.07) is 23.1. The monoisotopic (exact) mass is 392 g/mol. The zero-order valence-corrected chi connectivity index (χ0v) is 16.6. The highest BCUT2D eigenvalue weighted by molar-refractivity contribution is 5.69. The molecule has 0 N–H and O–H groups in total. The molecule has 3 aromatic carbocycles. The molecule has 0 heterocycles.